The fourth-order valence-electron chi connectivity index (χ4n) is 5.88. The number of rotatable bonds is 10. The summed E-state index contributed by atoms with van der Waals surface area (Å²) in [5.41, 5.74) is 4.23. The highest BCUT2D eigenvalue weighted by Gasteiger charge is 2.32. The Balaban J connectivity index is 1.32. The van der Waals surface area contributed by atoms with Crippen LogP contribution < -0.4 is 9.64 Å². The largest absolute Gasteiger partial charge is 0.508 e. The molecule has 3 aromatic rings. The summed E-state index contributed by atoms with van der Waals surface area (Å²) in [4.78, 5) is 32.4. The van der Waals surface area contributed by atoms with Gasteiger partial charge in [-0.1, -0.05) is 42.5 Å². The van der Waals surface area contributed by atoms with Crippen LogP contribution in [0.1, 0.15) is 46.3 Å². The van der Waals surface area contributed by atoms with E-state index >= 15 is 0 Å². The molecule has 42 heavy (non-hydrogen) atoms. The molecule has 2 aliphatic rings. The highest BCUT2D eigenvalue weighted by atomic mass is 16.5. The lowest BCUT2D eigenvalue weighted by atomic mass is 9.96. The quantitative estimate of drug-likeness (QED) is 0.348. The van der Waals surface area contributed by atoms with Gasteiger partial charge in [-0.05, 0) is 42.0 Å². The maximum Gasteiger partial charge on any atom is 0.261 e. The van der Waals surface area contributed by atoms with E-state index in [1.165, 1.54) is 17.7 Å². The molecule has 0 aliphatic carbocycles. The number of hydrogen-bond acceptors (Lipinski definition) is 7. The van der Waals surface area contributed by atoms with E-state index in [-0.39, 0.29) is 47.3 Å². The van der Waals surface area contributed by atoms with Crippen molar-refractivity contribution in [3.8, 4) is 17.2 Å². The average molecular weight is 574 g/mol. The maximum atomic E-state index is 13.9. The SMILES string of the molecule is COCCCC(=O)N1CC[C@H](N(C)c2cccc3c2CN(C(=O)c2c(O)cc(O)cc2OCc2ccccc2)CC3)C1. The zero-order chi connectivity index (χ0) is 29.6. The van der Waals surface area contributed by atoms with E-state index in [1.54, 1.807) is 12.0 Å². The van der Waals surface area contributed by atoms with Crippen LogP contribution in [0.5, 0.6) is 17.2 Å². The lowest BCUT2D eigenvalue weighted by Crippen LogP contribution is -2.40. The van der Waals surface area contributed by atoms with Gasteiger partial charge in [0.2, 0.25) is 5.91 Å². The Morgan fingerprint density at radius 2 is 1.83 bits per heavy atom. The molecule has 1 fully saturated rings. The molecule has 2 N–H and O–H groups in total. The molecule has 2 heterocycles. The summed E-state index contributed by atoms with van der Waals surface area (Å²) in [5, 5.41) is 20.9. The molecule has 1 saturated heterocycles. The molecule has 9 heteroatoms. The maximum absolute atomic E-state index is 13.9. The summed E-state index contributed by atoms with van der Waals surface area (Å²) in [6.07, 6.45) is 2.76. The number of amides is 2. The molecule has 0 saturated carbocycles. The standard InChI is InChI=1S/C33H39N3O6/c1-34(25-14-16-35(20-25)31(39)12-7-17-41-2)28-11-6-10-24-13-15-36(21-27(24)28)33(40)32-29(38)18-26(37)19-30(32)42-22-23-8-4-3-5-9-23/h3-6,8-11,18-19,25,37-38H,7,12-17,20-22H2,1-2H3/t25-/m0/s1. The van der Waals surface area contributed by atoms with Crippen molar-refractivity contribution in [3.05, 3.63) is 82.9 Å². The number of benzene rings is 3. The van der Waals surface area contributed by atoms with Gasteiger partial charge in [-0.25, -0.2) is 0 Å². The fraction of sp³-hybridized carbons (Fsp3) is 0.394. The van der Waals surface area contributed by atoms with Crippen LogP contribution in [-0.2, 0) is 29.1 Å². The summed E-state index contributed by atoms with van der Waals surface area (Å²) >= 11 is 0. The minimum absolute atomic E-state index is 0.0384. The minimum atomic E-state index is -0.354. The van der Waals surface area contributed by atoms with Crippen LogP contribution in [0.4, 0.5) is 5.69 Å². The second kappa shape index (κ2) is 13.2. The number of likely N-dealkylation sites (tertiary alicyclic amines) is 1. The van der Waals surface area contributed by atoms with E-state index in [2.05, 4.69) is 24.1 Å². The number of likely N-dealkylation sites (N-methyl/N-ethyl adjacent to an activating group) is 1. The van der Waals surface area contributed by atoms with E-state index in [9.17, 15) is 19.8 Å². The molecule has 5 rings (SSSR count). The first-order valence-corrected chi connectivity index (χ1v) is 14.5. The first-order chi connectivity index (χ1) is 20.4. The second-order valence-corrected chi connectivity index (χ2v) is 11.0. The van der Waals surface area contributed by atoms with Gasteiger partial charge in [-0.15, -0.1) is 0 Å². The highest BCUT2D eigenvalue weighted by molar-refractivity contribution is 6.00. The van der Waals surface area contributed by atoms with Crippen molar-refractivity contribution in [2.75, 3.05) is 45.3 Å². The van der Waals surface area contributed by atoms with Gasteiger partial charge in [-0.2, -0.15) is 0 Å². The number of phenolic OH excluding ortho intramolecular Hbond substituents is 2. The van der Waals surface area contributed by atoms with Crippen molar-refractivity contribution in [2.24, 2.45) is 0 Å². The van der Waals surface area contributed by atoms with Gasteiger partial charge in [-0.3, -0.25) is 9.59 Å². The first-order valence-electron chi connectivity index (χ1n) is 14.5. The highest BCUT2D eigenvalue weighted by Crippen LogP contribution is 2.37. The van der Waals surface area contributed by atoms with Crippen molar-refractivity contribution in [1.82, 2.24) is 9.80 Å². The molecule has 0 spiro atoms. The van der Waals surface area contributed by atoms with Crippen LogP contribution in [0, 0.1) is 0 Å². The fourth-order valence-corrected chi connectivity index (χ4v) is 5.88. The van der Waals surface area contributed by atoms with Gasteiger partial charge >= 0.3 is 0 Å². The Labute approximate surface area is 246 Å². The predicted molar refractivity (Wildman–Crippen MR) is 160 cm³/mol. The van der Waals surface area contributed by atoms with Crippen LogP contribution in [-0.4, -0.2) is 78.3 Å². The van der Waals surface area contributed by atoms with Crippen molar-refractivity contribution < 1.29 is 29.3 Å². The van der Waals surface area contributed by atoms with Crippen LogP contribution in [0.2, 0.25) is 0 Å². The van der Waals surface area contributed by atoms with E-state index in [0.717, 1.165) is 36.2 Å². The molecule has 0 unspecified atom stereocenters. The minimum Gasteiger partial charge on any atom is -0.508 e. The summed E-state index contributed by atoms with van der Waals surface area (Å²) in [5.74, 6) is -0.553. The number of methoxy groups -OCH3 is 1. The molecule has 9 nitrogen and oxygen atoms in total. The number of carbonyl (C=O) groups is 2. The molecule has 222 valence electrons. The Morgan fingerprint density at radius 1 is 1.02 bits per heavy atom. The third-order valence-corrected chi connectivity index (χ3v) is 8.24. The summed E-state index contributed by atoms with van der Waals surface area (Å²) in [7, 11) is 3.70. The van der Waals surface area contributed by atoms with E-state index < -0.39 is 0 Å². The molecule has 0 aromatic heterocycles. The Bertz CT molecular complexity index is 1410. The van der Waals surface area contributed by atoms with Crippen LogP contribution >= 0.6 is 0 Å². The topological polar surface area (TPSA) is 103 Å². The second-order valence-electron chi connectivity index (χ2n) is 11.0. The van der Waals surface area contributed by atoms with Crippen molar-refractivity contribution in [2.45, 2.75) is 44.9 Å². The smallest absolute Gasteiger partial charge is 0.261 e. The van der Waals surface area contributed by atoms with E-state index in [4.69, 9.17) is 9.47 Å². The Kier molecular flexibility index (Phi) is 9.17. The van der Waals surface area contributed by atoms with Gasteiger partial charge in [0.15, 0.2) is 0 Å². The number of hydrogen-bond donors (Lipinski definition) is 2. The molecule has 3 aromatic carbocycles. The van der Waals surface area contributed by atoms with Crippen LogP contribution in [0.3, 0.4) is 0 Å². The Morgan fingerprint density at radius 3 is 2.62 bits per heavy atom. The van der Waals surface area contributed by atoms with Crippen molar-refractivity contribution >= 4 is 17.5 Å². The van der Waals surface area contributed by atoms with Crippen LogP contribution in [0.15, 0.2) is 60.7 Å². The first kappa shape index (κ1) is 29.3. The lowest BCUT2D eigenvalue weighted by Gasteiger charge is -2.35. The third-order valence-electron chi connectivity index (χ3n) is 8.24. The van der Waals surface area contributed by atoms with Crippen LogP contribution in [0.25, 0.3) is 0 Å². The normalized spacial score (nSPS) is 16.3. The van der Waals surface area contributed by atoms with Gasteiger partial charge in [0.05, 0.1) is 0 Å². The summed E-state index contributed by atoms with van der Waals surface area (Å²) in [6, 6.07) is 18.4. The predicted octanol–water partition coefficient (Wildman–Crippen LogP) is 4.34. The monoisotopic (exact) mass is 573 g/mol. The van der Waals surface area contributed by atoms with Gasteiger partial charge in [0, 0.05) is 77.2 Å². The molecule has 0 bridgehead atoms. The van der Waals surface area contributed by atoms with Crippen molar-refractivity contribution in [1.29, 1.82) is 0 Å². The van der Waals surface area contributed by atoms with Gasteiger partial charge in [0.1, 0.15) is 29.4 Å². The number of fused-ring (bicyclic) bond motifs is 1. The number of carbonyl (C=O) groups excluding carboxylic acids is 2. The molecule has 2 amide bonds. The summed E-state index contributed by atoms with van der Waals surface area (Å²) < 4.78 is 11.0. The number of nitrogens with zero attached hydrogens (tertiary/aromatic N) is 3. The molecular formula is C33H39N3O6. The van der Waals surface area contributed by atoms with Gasteiger partial charge < -0.3 is 34.4 Å². The van der Waals surface area contributed by atoms with Crippen molar-refractivity contribution in [3.63, 3.8) is 0 Å². The van der Waals surface area contributed by atoms with E-state index in [0.29, 0.717) is 39.1 Å². The number of aromatic hydroxyl groups is 2. The zero-order valence-electron chi connectivity index (χ0n) is 24.3. The number of phenols is 2. The van der Waals surface area contributed by atoms with E-state index in [1.807, 2.05) is 41.3 Å². The molecule has 2 aliphatic heterocycles. The lowest BCUT2D eigenvalue weighted by molar-refractivity contribution is -0.130. The third kappa shape index (κ3) is 6.46. The average Bonchev–Trinajstić information content (AvgIpc) is 3.50. The Hall–Kier alpha value is -4.24. The van der Waals surface area contributed by atoms with Gasteiger partial charge in [0.25, 0.3) is 5.91 Å². The summed E-state index contributed by atoms with van der Waals surface area (Å²) in [6.45, 7) is 3.03. The zero-order valence-corrected chi connectivity index (χ0v) is 24.3. The molecule has 1 atom stereocenters. The number of anilines is 1. The molecule has 0 radical (unpaired) electrons. The molecular weight excluding hydrogens is 534 g/mol. The number of ether oxygens (including phenoxy) is 2.